The number of primary amides is 1. The molecular formula is C26H21ClN4O2. The fourth-order valence-corrected chi connectivity index (χ4v) is 4.30. The molecule has 0 bridgehead atoms. The van der Waals surface area contributed by atoms with Crippen molar-refractivity contribution in [2.75, 3.05) is 0 Å². The minimum Gasteiger partial charge on any atom is -0.370 e. The number of amides is 1. The SMILES string of the molecule is Cc1ccc(-c2ccc3c(c2)C(c2ccc(Cl)cc2)=NC(CC(N)=O)c2onc(C)c2-3)cn1. The zero-order valence-corrected chi connectivity index (χ0v) is 18.9. The van der Waals surface area contributed by atoms with Crippen LogP contribution in [0, 0.1) is 13.8 Å². The second-order valence-electron chi connectivity index (χ2n) is 8.13. The number of pyridine rings is 1. The van der Waals surface area contributed by atoms with Gasteiger partial charge in [0, 0.05) is 33.6 Å². The van der Waals surface area contributed by atoms with Crippen LogP contribution in [-0.4, -0.2) is 21.8 Å². The first kappa shape index (κ1) is 21.1. The monoisotopic (exact) mass is 456 g/mol. The summed E-state index contributed by atoms with van der Waals surface area (Å²) in [6, 6.07) is 17.1. The molecule has 2 N–H and O–H groups in total. The van der Waals surface area contributed by atoms with Gasteiger partial charge in [0.05, 0.1) is 23.4 Å². The molecule has 164 valence electrons. The van der Waals surface area contributed by atoms with Gasteiger partial charge in [-0.25, -0.2) is 0 Å². The number of aryl methyl sites for hydroxylation is 2. The average Bonchev–Trinajstić information content (AvgIpc) is 3.12. The van der Waals surface area contributed by atoms with Gasteiger partial charge >= 0.3 is 0 Å². The number of fused-ring (bicyclic) bond motifs is 3. The third kappa shape index (κ3) is 3.94. The molecule has 0 aliphatic carbocycles. The predicted octanol–water partition coefficient (Wildman–Crippen LogP) is 5.44. The van der Waals surface area contributed by atoms with Gasteiger partial charge in [-0.2, -0.15) is 0 Å². The van der Waals surface area contributed by atoms with Gasteiger partial charge in [0.2, 0.25) is 5.91 Å². The minimum atomic E-state index is -0.582. The summed E-state index contributed by atoms with van der Waals surface area (Å²) in [6.07, 6.45) is 1.88. The minimum absolute atomic E-state index is 0.0153. The first-order valence-electron chi connectivity index (χ1n) is 10.6. The summed E-state index contributed by atoms with van der Waals surface area (Å²) in [5.41, 5.74) is 13.6. The molecule has 2 aromatic carbocycles. The topological polar surface area (TPSA) is 94.4 Å². The van der Waals surface area contributed by atoms with Crippen LogP contribution < -0.4 is 5.73 Å². The lowest BCUT2D eigenvalue weighted by atomic mass is 9.90. The summed E-state index contributed by atoms with van der Waals surface area (Å²) >= 11 is 6.14. The summed E-state index contributed by atoms with van der Waals surface area (Å²) in [6.45, 7) is 3.85. The van der Waals surface area contributed by atoms with Gasteiger partial charge in [-0.05, 0) is 49.2 Å². The third-order valence-corrected chi connectivity index (χ3v) is 6.03. The quantitative estimate of drug-likeness (QED) is 0.442. The van der Waals surface area contributed by atoms with Crippen LogP contribution in [0.5, 0.6) is 0 Å². The Kier molecular flexibility index (Phi) is 5.30. The molecule has 1 atom stereocenters. The Bertz CT molecular complexity index is 1390. The highest BCUT2D eigenvalue weighted by molar-refractivity contribution is 6.30. The standard InChI is InChI=1S/C26H21ClN4O2/c1-14-3-4-18(13-29-14)17-7-10-20-21(11-17)25(16-5-8-19(27)9-6-16)30-22(12-23(28)32)26-24(20)15(2)31-33-26/h3-11,13,22H,12H2,1-2H3,(H2,28,32). The Balaban J connectivity index is 1.78. The maximum absolute atomic E-state index is 11.9. The number of carbonyl (C=O) groups excluding carboxylic acids is 1. The first-order valence-corrected chi connectivity index (χ1v) is 10.9. The number of carbonyl (C=O) groups is 1. The lowest BCUT2D eigenvalue weighted by Gasteiger charge is -2.13. The molecule has 0 saturated carbocycles. The van der Waals surface area contributed by atoms with Crippen LogP contribution in [0.2, 0.25) is 5.02 Å². The van der Waals surface area contributed by atoms with E-state index in [-0.39, 0.29) is 6.42 Å². The number of hydrogen-bond donors (Lipinski definition) is 1. The van der Waals surface area contributed by atoms with E-state index in [2.05, 4.69) is 22.3 Å². The van der Waals surface area contributed by atoms with Gasteiger partial charge in [-0.15, -0.1) is 0 Å². The van der Waals surface area contributed by atoms with Gasteiger partial charge < -0.3 is 10.3 Å². The zero-order valence-electron chi connectivity index (χ0n) is 18.2. The van der Waals surface area contributed by atoms with Crippen LogP contribution in [0.3, 0.4) is 0 Å². The molecule has 5 rings (SSSR count). The van der Waals surface area contributed by atoms with Crippen LogP contribution in [0.1, 0.15) is 40.7 Å². The highest BCUT2D eigenvalue weighted by atomic mass is 35.5. The summed E-state index contributed by atoms with van der Waals surface area (Å²) in [7, 11) is 0. The normalized spacial score (nSPS) is 14.8. The van der Waals surface area contributed by atoms with Crippen molar-refractivity contribution in [1.82, 2.24) is 10.1 Å². The number of benzene rings is 2. The van der Waals surface area contributed by atoms with Gasteiger partial charge in [0.1, 0.15) is 6.04 Å². The van der Waals surface area contributed by atoms with Gasteiger partial charge in [-0.3, -0.25) is 14.8 Å². The molecule has 4 aromatic rings. The fourth-order valence-electron chi connectivity index (χ4n) is 4.17. The van der Waals surface area contributed by atoms with E-state index in [9.17, 15) is 4.79 Å². The second-order valence-corrected chi connectivity index (χ2v) is 8.56. The highest BCUT2D eigenvalue weighted by Gasteiger charge is 2.31. The maximum atomic E-state index is 11.9. The van der Waals surface area contributed by atoms with Crippen molar-refractivity contribution in [3.63, 3.8) is 0 Å². The van der Waals surface area contributed by atoms with Crippen LogP contribution in [-0.2, 0) is 4.79 Å². The highest BCUT2D eigenvalue weighted by Crippen LogP contribution is 2.42. The van der Waals surface area contributed by atoms with E-state index in [0.717, 1.165) is 50.5 Å². The molecule has 7 heteroatoms. The largest absolute Gasteiger partial charge is 0.370 e. The molecule has 6 nitrogen and oxygen atoms in total. The van der Waals surface area contributed by atoms with E-state index in [1.54, 1.807) is 0 Å². The van der Waals surface area contributed by atoms with Crippen LogP contribution in [0.15, 0.2) is 70.3 Å². The van der Waals surface area contributed by atoms with E-state index in [0.29, 0.717) is 10.8 Å². The third-order valence-electron chi connectivity index (χ3n) is 5.78. The maximum Gasteiger partial charge on any atom is 0.220 e. The molecule has 1 aliphatic heterocycles. The van der Waals surface area contributed by atoms with E-state index in [1.165, 1.54) is 0 Å². The summed E-state index contributed by atoms with van der Waals surface area (Å²) in [5.74, 6) is 0.0813. The van der Waals surface area contributed by atoms with Gasteiger partial charge in [-0.1, -0.05) is 47.1 Å². The molecule has 0 spiro atoms. The van der Waals surface area contributed by atoms with Crippen LogP contribution in [0.25, 0.3) is 22.3 Å². The molecule has 0 saturated heterocycles. The van der Waals surface area contributed by atoms with Crippen molar-refractivity contribution in [3.05, 3.63) is 94.1 Å². The Morgan fingerprint density at radius 2 is 1.73 bits per heavy atom. The van der Waals surface area contributed by atoms with Crippen molar-refractivity contribution < 1.29 is 9.32 Å². The van der Waals surface area contributed by atoms with Crippen LogP contribution >= 0.6 is 11.6 Å². The first-order chi connectivity index (χ1) is 15.9. The number of nitrogens with zero attached hydrogens (tertiary/aromatic N) is 3. The number of hydrogen-bond acceptors (Lipinski definition) is 5. The number of halogens is 1. The van der Waals surface area contributed by atoms with E-state index in [4.69, 9.17) is 26.9 Å². The number of aliphatic imine (C=N–C) groups is 1. The van der Waals surface area contributed by atoms with Gasteiger partial charge in [0.25, 0.3) is 0 Å². The Morgan fingerprint density at radius 3 is 2.42 bits per heavy atom. The van der Waals surface area contributed by atoms with Crippen LogP contribution in [0.4, 0.5) is 0 Å². The summed E-state index contributed by atoms with van der Waals surface area (Å²) in [4.78, 5) is 21.3. The molecule has 1 aliphatic rings. The van der Waals surface area contributed by atoms with Crippen molar-refractivity contribution in [3.8, 4) is 22.3 Å². The molecule has 2 aromatic heterocycles. The van der Waals surface area contributed by atoms with E-state index >= 15 is 0 Å². The number of rotatable bonds is 4. The van der Waals surface area contributed by atoms with Crippen molar-refractivity contribution >= 4 is 23.2 Å². The Labute approximate surface area is 196 Å². The van der Waals surface area contributed by atoms with E-state index in [1.807, 2.05) is 62.5 Å². The van der Waals surface area contributed by atoms with Crippen molar-refractivity contribution in [2.45, 2.75) is 26.3 Å². The lowest BCUT2D eigenvalue weighted by Crippen LogP contribution is -2.15. The molecule has 3 heterocycles. The molecule has 1 amide bonds. The summed E-state index contributed by atoms with van der Waals surface area (Å²) in [5, 5.41) is 4.80. The fraction of sp³-hybridized carbons (Fsp3) is 0.154. The lowest BCUT2D eigenvalue weighted by molar-refractivity contribution is -0.118. The molecular weight excluding hydrogens is 436 g/mol. The number of aromatic nitrogens is 2. The average molecular weight is 457 g/mol. The predicted molar refractivity (Wildman–Crippen MR) is 128 cm³/mol. The molecule has 33 heavy (non-hydrogen) atoms. The van der Waals surface area contributed by atoms with Crippen molar-refractivity contribution in [1.29, 1.82) is 0 Å². The van der Waals surface area contributed by atoms with Crippen molar-refractivity contribution in [2.24, 2.45) is 10.7 Å². The van der Waals surface area contributed by atoms with E-state index < -0.39 is 11.9 Å². The molecule has 1 unspecified atom stereocenters. The molecule has 0 radical (unpaired) electrons. The Morgan fingerprint density at radius 1 is 1.00 bits per heavy atom. The molecule has 0 fully saturated rings. The summed E-state index contributed by atoms with van der Waals surface area (Å²) < 4.78 is 5.67. The number of nitrogens with two attached hydrogens (primary N) is 1. The van der Waals surface area contributed by atoms with Gasteiger partial charge in [0.15, 0.2) is 5.76 Å². The second kappa shape index (κ2) is 8.30. The Hall–Kier alpha value is -3.77. The smallest absolute Gasteiger partial charge is 0.220 e. The zero-order chi connectivity index (χ0) is 23.1.